The van der Waals surface area contributed by atoms with Gasteiger partial charge in [-0.25, -0.2) is 4.79 Å². The predicted molar refractivity (Wildman–Crippen MR) is 64.7 cm³/mol. The van der Waals surface area contributed by atoms with Gasteiger partial charge < -0.3 is 4.74 Å². The van der Waals surface area contributed by atoms with Gasteiger partial charge in [0.05, 0.1) is 12.1 Å². The normalized spacial score (nSPS) is 21.2. The van der Waals surface area contributed by atoms with E-state index in [1.165, 1.54) is 0 Å². The van der Waals surface area contributed by atoms with Crippen molar-refractivity contribution in [2.45, 2.75) is 39.7 Å². The number of urea groups is 1. The van der Waals surface area contributed by atoms with E-state index in [-0.39, 0.29) is 6.54 Å². The lowest BCUT2D eigenvalue weighted by atomic mass is 10.00. The molecule has 1 fully saturated rings. The number of rotatable bonds is 5. The highest BCUT2D eigenvalue weighted by molar-refractivity contribution is 6.16. The molecular weight excluding hydrogens is 236 g/mol. The van der Waals surface area contributed by atoms with Crippen LogP contribution in [0.4, 0.5) is 4.79 Å². The lowest BCUT2D eigenvalue weighted by molar-refractivity contribution is -0.145. The van der Waals surface area contributed by atoms with Crippen molar-refractivity contribution in [2.75, 3.05) is 13.2 Å². The minimum atomic E-state index is -0.778. The first-order valence-electron chi connectivity index (χ1n) is 6.12. The standard InChI is InChI=1S/C12H20N2O4/c1-5-8-9(15)13-11(17)14(10(8)16)7-12(3,4)18-6-2/h8H,5-7H2,1-4H3,(H,13,15,17). The predicted octanol–water partition coefficient (Wildman–Crippen LogP) is 0.906. The molecule has 1 saturated heterocycles. The van der Waals surface area contributed by atoms with Crippen molar-refractivity contribution in [1.82, 2.24) is 10.2 Å². The van der Waals surface area contributed by atoms with Crippen LogP contribution >= 0.6 is 0 Å². The number of imide groups is 2. The molecule has 6 heteroatoms. The Balaban J connectivity index is 2.84. The molecule has 0 aliphatic carbocycles. The van der Waals surface area contributed by atoms with E-state index in [4.69, 9.17) is 4.74 Å². The Bertz CT molecular complexity index is 365. The zero-order valence-corrected chi connectivity index (χ0v) is 11.3. The zero-order valence-electron chi connectivity index (χ0n) is 11.3. The highest BCUT2D eigenvalue weighted by atomic mass is 16.5. The molecule has 1 atom stereocenters. The van der Waals surface area contributed by atoms with Crippen LogP contribution in [0.2, 0.25) is 0 Å². The van der Waals surface area contributed by atoms with Gasteiger partial charge in [-0.2, -0.15) is 0 Å². The lowest BCUT2D eigenvalue weighted by Gasteiger charge is -2.35. The smallest absolute Gasteiger partial charge is 0.330 e. The van der Waals surface area contributed by atoms with Gasteiger partial charge in [-0.1, -0.05) is 6.92 Å². The number of hydrogen-bond donors (Lipinski definition) is 1. The molecule has 0 radical (unpaired) electrons. The molecule has 1 N–H and O–H groups in total. The molecule has 1 unspecified atom stereocenters. The van der Waals surface area contributed by atoms with E-state index in [1.807, 2.05) is 6.92 Å². The van der Waals surface area contributed by atoms with Crippen molar-refractivity contribution in [3.8, 4) is 0 Å². The Kier molecular flexibility index (Phi) is 4.45. The van der Waals surface area contributed by atoms with Crippen LogP contribution in [0.25, 0.3) is 0 Å². The van der Waals surface area contributed by atoms with Crippen molar-refractivity contribution >= 4 is 17.8 Å². The molecule has 1 rings (SSSR count). The van der Waals surface area contributed by atoms with Gasteiger partial charge in [-0.15, -0.1) is 0 Å². The minimum absolute atomic E-state index is 0.134. The maximum atomic E-state index is 12.0. The summed E-state index contributed by atoms with van der Waals surface area (Å²) in [4.78, 5) is 36.3. The van der Waals surface area contributed by atoms with Crippen LogP contribution in [0.1, 0.15) is 34.1 Å². The topological polar surface area (TPSA) is 75.7 Å². The van der Waals surface area contributed by atoms with Gasteiger partial charge in [0.15, 0.2) is 0 Å². The van der Waals surface area contributed by atoms with Crippen LogP contribution in [0.3, 0.4) is 0 Å². The fourth-order valence-corrected chi connectivity index (χ4v) is 1.99. The maximum Gasteiger partial charge on any atom is 0.330 e. The molecule has 0 bridgehead atoms. The second-order valence-corrected chi connectivity index (χ2v) is 4.87. The first-order chi connectivity index (χ1) is 8.32. The number of nitrogens with one attached hydrogen (secondary N) is 1. The third-order valence-corrected chi connectivity index (χ3v) is 2.84. The van der Waals surface area contributed by atoms with E-state index in [1.54, 1.807) is 20.8 Å². The number of carbonyl (C=O) groups is 3. The molecule has 0 saturated carbocycles. The fraction of sp³-hybridized carbons (Fsp3) is 0.750. The molecule has 6 nitrogen and oxygen atoms in total. The summed E-state index contributed by atoms with van der Waals surface area (Å²) in [6.07, 6.45) is 0.378. The van der Waals surface area contributed by atoms with Gasteiger partial charge in [0.1, 0.15) is 5.92 Å². The van der Waals surface area contributed by atoms with E-state index in [0.29, 0.717) is 13.0 Å². The average molecular weight is 256 g/mol. The first-order valence-corrected chi connectivity index (χ1v) is 6.12. The van der Waals surface area contributed by atoms with Crippen molar-refractivity contribution in [2.24, 2.45) is 5.92 Å². The summed E-state index contributed by atoms with van der Waals surface area (Å²) in [5.41, 5.74) is -0.625. The van der Waals surface area contributed by atoms with Gasteiger partial charge >= 0.3 is 6.03 Å². The van der Waals surface area contributed by atoms with Crippen LogP contribution in [-0.4, -0.2) is 41.5 Å². The Morgan fingerprint density at radius 3 is 2.39 bits per heavy atom. The summed E-state index contributed by atoms with van der Waals surface area (Å²) in [6.45, 7) is 7.81. The Morgan fingerprint density at radius 2 is 1.89 bits per heavy atom. The van der Waals surface area contributed by atoms with Gasteiger partial charge in [-0.3, -0.25) is 19.8 Å². The molecule has 0 aromatic heterocycles. The summed E-state index contributed by atoms with van der Waals surface area (Å²) in [5, 5.41) is 2.20. The van der Waals surface area contributed by atoms with Gasteiger partial charge in [0, 0.05) is 6.61 Å². The second kappa shape index (κ2) is 5.48. The molecule has 102 valence electrons. The molecule has 1 heterocycles. The van der Waals surface area contributed by atoms with Gasteiger partial charge in [-0.05, 0) is 27.2 Å². The summed E-state index contributed by atoms with van der Waals surface area (Å²) in [6, 6.07) is -0.664. The highest BCUT2D eigenvalue weighted by Crippen LogP contribution is 2.18. The quantitative estimate of drug-likeness (QED) is 0.742. The molecule has 1 aliphatic rings. The summed E-state index contributed by atoms with van der Waals surface area (Å²) >= 11 is 0. The first kappa shape index (κ1) is 14.6. The maximum absolute atomic E-state index is 12.0. The van der Waals surface area contributed by atoms with Crippen molar-refractivity contribution in [3.05, 3.63) is 0 Å². The Labute approximate surface area is 107 Å². The fourth-order valence-electron chi connectivity index (χ4n) is 1.99. The van der Waals surface area contributed by atoms with Crippen molar-refractivity contribution in [1.29, 1.82) is 0 Å². The third-order valence-electron chi connectivity index (χ3n) is 2.84. The SMILES string of the molecule is CCOC(C)(C)CN1C(=O)NC(=O)C(CC)C1=O. The minimum Gasteiger partial charge on any atom is -0.374 e. The van der Waals surface area contributed by atoms with Crippen LogP contribution in [0, 0.1) is 5.92 Å². The van der Waals surface area contributed by atoms with E-state index in [0.717, 1.165) is 4.90 Å². The molecule has 1 aliphatic heterocycles. The van der Waals surface area contributed by atoms with Crippen LogP contribution in [-0.2, 0) is 14.3 Å². The van der Waals surface area contributed by atoms with Crippen molar-refractivity contribution in [3.63, 3.8) is 0 Å². The van der Waals surface area contributed by atoms with Crippen LogP contribution in [0.5, 0.6) is 0 Å². The number of barbiturate groups is 1. The van der Waals surface area contributed by atoms with Gasteiger partial charge in [0.25, 0.3) is 0 Å². The van der Waals surface area contributed by atoms with E-state index in [9.17, 15) is 14.4 Å². The highest BCUT2D eigenvalue weighted by Gasteiger charge is 2.41. The molecule has 18 heavy (non-hydrogen) atoms. The average Bonchev–Trinajstić information content (AvgIpc) is 2.24. The molecule has 0 aromatic carbocycles. The summed E-state index contributed by atoms with van der Waals surface area (Å²) in [7, 11) is 0. The van der Waals surface area contributed by atoms with E-state index >= 15 is 0 Å². The largest absolute Gasteiger partial charge is 0.374 e. The molecule has 0 aromatic rings. The molecule has 4 amide bonds. The Hall–Kier alpha value is -1.43. The summed E-state index contributed by atoms with van der Waals surface area (Å²) in [5.74, 6) is -1.74. The third kappa shape index (κ3) is 3.07. The lowest BCUT2D eigenvalue weighted by Crippen LogP contribution is -2.60. The number of hydrogen-bond acceptors (Lipinski definition) is 4. The Morgan fingerprint density at radius 1 is 1.28 bits per heavy atom. The molecular formula is C12H20N2O4. The summed E-state index contributed by atoms with van der Waals surface area (Å²) < 4.78 is 5.47. The van der Waals surface area contributed by atoms with E-state index in [2.05, 4.69) is 5.32 Å². The van der Waals surface area contributed by atoms with Crippen LogP contribution < -0.4 is 5.32 Å². The monoisotopic (exact) mass is 256 g/mol. The number of amides is 4. The van der Waals surface area contributed by atoms with Gasteiger partial charge in [0.2, 0.25) is 11.8 Å². The number of ether oxygens (including phenoxy) is 1. The van der Waals surface area contributed by atoms with E-state index < -0.39 is 29.4 Å². The number of nitrogens with zero attached hydrogens (tertiary/aromatic N) is 1. The zero-order chi connectivity index (χ0) is 13.9. The second-order valence-electron chi connectivity index (χ2n) is 4.87. The van der Waals surface area contributed by atoms with Crippen molar-refractivity contribution < 1.29 is 19.1 Å². The number of carbonyl (C=O) groups excluding carboxylic acids is 3. The molecule has 0 spiro atoms. The van der Waals surface area contributed by atoms with Crippen LogP contribution in [0.15, 0.2) is 0 Å².